The highest BCUT2D eigenvalue weighted by Crippen LogP contribution is 2.32. The Bertz CT molecular complexity index is 1580. The first-order chi connectivity index (χ1) is 15.8. The lowest BCUT2D eigenvalue weighted by Crippen LogP contribution is -2.29. The van der Waals surface area contributed by atoms with Gasteiger partial charge in [0.15, 0.2) is 4.80 Å². The van der Waals surface area contributed by atoms with Crippen LogP contribution in [0.1, 0.15) is 27.0 Å². The predicted octanol–water partition coefficient (Wildman–Crippen LogP) is 4.35. The third kappa shape index (κ3) is 3.59. The number of carbonyl (C=O) groups is 1. The molecule has 1 aromatic heterocycles. The van der Waals surface area contributed by atoms with Crippen LogP contribution in [0.2, 0.25) is 0 Å². The smallest absolute Gasteiger partial charge is 0.279 e. The molecular formula is C25H23N3O3S2. The third-order valence-corrected chi connectivity index (χ3v) is 9.17. The lowest BCUT2D eigenvalue weighted by atomic mass is 10.1. The van der Waals surface area contributed by atoms with E-state index in [0.29, 0.717) is 23.3 Å². The average Bonchev–Trinajstić information content (AvgIpc) is 3.39. The third-order valence-electron chi connectivity index (χ3n) is 6.08. The molecule has 2 heterocycles. The number of fused-ring (bicyclic) bond motifs is 2. The fourth-order valence-corrected chi connectivity index (χ4v) is 6.94. The molecule has 5 rings (SSSR count). The zero-order valence-corrected chi connectivity index (χ0v) is 20.2. The second-order valence-corrected chi connectivity index (χ2v) is 11.1. The predicted molar refractivity (Wildman–Crippen MR) is 131 cm³/mol. The first kappa shape index (κ1) is 21.6. The van der Waals surface area contributed by atoms with Gasteiger partial charge in [-0.2, -0.15) is 4.99 Å². The number of sulfonamides is 1. The number of anilines is 1. The minimum atomic E-state index is -3.70. The topological polar surface area (TPSA) is 71.7 Å². The number of thiazole rings is 1. The molecular weight excluding hydrogens is 454 g/mol. The van der Waals surface area contributed by atoms with Gasteiger partial charge in [-0.1, -0.05) is 41.7 Å². The van der Waals surface area contributed by atoms with Crippen molar-refractivity contribution in [2.75, 3.05) is 10.8 Å². The van der Waals surface area contributed by atoms with Crippen LogP contribution in [0.25, 0.3) is 10.2 Å². The summed E-state index contributed by atoms with van der Waals surface area (Å²) in [6.07, 6.45) is 0.690. The molecule has 168 valence electrons. The fraction of sp³-hybridized carbons (Fsp3) is 0.200. The molecule has 0 atom stereocenters. The van der Waals surface area contributed by atoms with Gasteiger partial charge in [-0.15, -0.1) is 0 Å². The van der Waals surface area contributed by atoms with Crippen molar-refractivity contribution in [1.82, 2.24) is 4.57 Å². The van der Waals surface area contributed by atoms with Crippen LogP contribution >= 0.6 is 11.3 Å². The number of hydrogen-bond donors (Lipinski definition) is 0. The van der Waals surface area contributed by atoms with Gasteiger partial charge in [0.05, 0.1) is 20.8 Å². The first-order valence-corrected chi connectivity index (χ1v) is 12.9. The van der Waals surface area contributed by atoms with Crippen LogP contribution in [-0.2, 0) is 23.5 Å². The Balaban J connectivity index is 1.47. The molecule has 0 spiro atoms. The molecule has 4 aromatic rings. The summed E-state index contributed by atoms with van der Waals surface area (Å²) >= 11 is 1.48. The number of hydrogen-bond acceptors (Lipinski definition) is 4. The molecule has 0 saturated carbocycles. The number of aryl methyl sites for hydroxylation is 3. The van der Waals surface area contributed by atoms with Crippen LogP contribution < -0.4 is 9.11 Å². The Morgan fingerprint density at radius 1 is 0.970 bits per heavy atom. The molecule has 3 aromatic carbocycles. The Hall–Kier alpha value is -3.23. The van der Waals surface area contributed by atoms with Gasteiger partial charge in [0.1, 0.15) is 0 Å². The Kier molecular flexibility index (Phi) is 5.22. The van der Waals surface area contributed by atoms with E-state index >= 15 is 0 Å². The van der Waals surface area contributed by atoms with E-state index in [4.69, 9.17) is 0 Å². The second-order valence-electron chi connectivity index (χ2n) is 8.22. The van der Waals surface area contributed by atoms with Gasteiger partial charge in [-0.3, -0.25) is 9.10 Å². The minimum Gasteiger partial charge on any atom is -0.319 e. The summed E-state index contributed by atoms with van der Waals surface area (Å²) in [5.74, 6) is -0.400. The maximum atomic E-state index is 13.2. The van der Waals surface area contributed by atoms with Gasteiger partial charge in [0.25, 0.3) is 15.9 Å². The van der Waals surface area contributed by atoms with Crippen LogP contribution in [0, 0.1) is 13.8 Å². The van der Waals surface area contributed by atoms with Crippen LogP contribution in [0.5, 0.6) is 0 Å². The molecule has 0 fully saturated rings. The van der Waals surface area contributed by atoms with Crippen molar-refractivity contribution in [3.8, 4) is 0 Å². The molecule has 8 heteroatoms. The number of carbonyl (C=O) groups excluding carboxylic acids is 1. The Morgan fingerprint density at radius 2 is 1.67 bits per heavy atom. The minimum absolute atomic E-state index is 0.162. The quantitative estimate of drug-likeness (QED) is 0.440. The number of nitrogens with zero attached hydrogens (tertiary/aromatic N) is 3. The SMILES string of the molecule is Cc1ccc(C)c2c1sc(=NC(=O)c1ccc(S(=O)(=O)N3CCc4ccccc43)cc1)n2C. The van der Waals surface area contributed by atoms with Crippen molar-refractivity contribution in [3.63, 3.8) is 0 Å². The highest BCUT2D eigenvalue weighted by molar-refractivity contribution is 7.92. The van der Waals surface area contributed by atoms with Crippen molar-refractivity contribution in [1.29, 1.82) is 0 Å². The number of benzene rings is 3. The Morgan fingerprint density at radius 3 is 2.39 bits per heavy atom. The van der Waals surface area contributed by atoms with Crippen molar-refractivity contribution in [2.24, 2.45) is 12.0 Å². The monoisotopic (exact) mass is 477 g/mol. The van der Waals surface area contributed by atoms with Crippen molar-refractivity contribution >= 4 is 43.2 Å². The van der Waals surface area contributed by atoms with Gasteiger partial charge in [-0.25, -0.2) is 8.42 Å². The summed E-state index contributed by atoms with van der Waals surface area (Å²) in [6, 6.07) is 17.7. The molecule has 1 aliphatic rings. The van der Waals surface area contributed by atoms with Crippen molar-refractivity contribution in [2.45, 2.75) is 25.2 Å². The van der Waals surface area contributed by atoms with Crippen molar-refractivity contribution in [3.05, 3.63) is 87.7 Å². The van der Waals surface area contributed by atoms with Crippen LogP contribution in [-0.4, -0.2) is 25.4 Å². The van der Waals surface area contributed by atoms with Gasteiger partial charge in [0, 0.05) is 19.2 Å². The summed E-state index contributed by atoms with van der Waals surface area (Å²) in [5.41, 5.74) is 5.42. The normalized spacial score (nSPS) is 14.2. The maximum Gasteiger partial charge on any atom is 0.279 e. The van der Waals surface area contributed by atoms with E-state index in [2.05, 4.69) is 17.1 Å². The summed E-state index contributed by atoms with van der Waals surface area (Å²) in [7, 11) is -1.79. The zero-order valence-electron chi connectivity index (χ0n) is 18.6. The van der Waals surface area contributed by atoms with E-state index in [-0.39, 0.29) is 4.90 Å². The van der Waals surface area contributed by atoms with Crippen molar-refractivity contribution < 1.29 is 13.2 Å². The number of amides is 1. The Labute approximate surface area is 196 Å². The molecule has 0 saturated heterocycles. The number of aromatic nitrogens is 1. The summed E-state index contributed by atoms with van der Waals surface area (Å²) in [5, 5.41) is 0. The average molecular weight is 478 g/mol. The fourth-order valence-electron chi connectivity index (χ4n) is 4.28. The molecule has 0 radical (unpaired) electrons. The maximum absolute atomic E-state index is 13.2. The van der Waals surface area contributed by atoms with Gasteiger partial charge < -0.3 is 4.57 Å². The zero-order chi connectivity index (χ0) is 23.3. The highest BCUT2D eigenvalue weighted by Gasteiger charge is 2.30. The molecule has 0 unspecified atom stereocenters. The molecule has 1 aliphatic heterocycles. The van der Waals surface area contributed by atoms with E-state index < -0.39 is 15.9 Å². The van der Waals surface area contributed by atoms with Crippen LogP contribution in [0.4, 0.5) is 5.69 Å². The van der Waals surface area contributed by atoms with Gasteiger partial charge in [-0.05, 0) is 67.3 Å². The molecule has 0 bridgehead atoms. The van der Waals surface area contributed by atoms with Crippen LogP contribution in [0.3, 0.4) is 0 Å². The number of rotatable bonds is 3. The van der Waals surface area contributed by atoms with Gasteiger partial charge >= 0.3 is 0 Å². The summed E-state index contributed by atoms with van der Waals surface area (Å²) in [4.78, 5) is 18.0. The van der Waals surface area contributed by atoms with E-state index in [1.165, 1.54) is 39.9 Å². The largest absolute Gasteiger partial charge is 0.319 e. The van der Waals surface area contributed by atoms with E-state index in [9.17, 15) is 13.2 Å². The molecule has 33 heavy (non-hydrogen) atoms. The van der Waals surface area contributed by atoms with E-state index in [1.54, 1.807) is 0 Å². The standard InChI is InChI=1S/C25H23N3O3S2/c1-16-8-9-17(2)23-22(16)27(3)25(32-23)26-24(29)19-10-12-20(13-11-19)33(30,31)28-15-14-18-6-4-5-7-21(18)28/h4-13H,14-15H2,1-3H3. The summed E-state index contributed by atoms with van der Waals surface area (Å²) < 4.78 is 30.9. The molecule has 1 amide bonds. The molecule has 6 nitrogen and oxygen atoms in total. The first-order valence-electron chi connectivity index (χ1n) is 10.6. The lowest BCUT2D eigenvalue weighted by Gasteiger charge is -2.19. The van der Waals surface area contributed by atoms with E-state index in [0.717, 1.165) is 32.6 Å². The highest BCUT2D eigenvalue weighted by atomic mass is 32.2. The number of para-hydroxylation sites is 1. The van der Waals surface area contributed by atoms with Crippen LogP contribution in [0.15, 0.2) is 70.6 Å². The summed E-state index contributed by atoms with van der Waals surface area (Å²) in [6.45, 7) is 4.50. The van der Waals surface area contributed by atoms with Gasteiger partial charge in [0.2, 0.25) is 0 Å². The van der Waals surface area contributed by atoms with E-state index in [1.807, 2.05) is 49.7 Å². The molecule has 0 N–H and O–H groups in total. The second kappa shape index (κ2) is 7.97. The lowest BCUT2D eigenvalue weighted by molar-refractivity contribution is 0.0998. The molecule has 0 aliphatic carbocycles.